The van der Waals surface area contributed by atoms with Gasteiger partial charge in [0.15, 0.2) is 0 Å². The summed E-state index contributed by atoms with van der Waals surface area (Å²) in [5, 5.41) is 16.7. The Labute approximate surface area is 217 Å². The van der Waals surface area contributed by atoms with Crippen LogP contribution >= 0.6 is 24.8 Å². The van der Waals surface area contributed by atoms with Crippen LogP contribution in [-0.2, 0) is 17.7 Å². The Hall–Kier alpha value is -2.59. The van der Waals surface area contributed by atoms with Crippen LogP contribution in [0.3, 0.4) is 0 Å². The van der Waals surface area contributed by atoms with E-state index in [9.17, 15) is 14.7 Å². The second-order valence-corrected chi connectivity index (χ2v) is 8.42. The Morgan fingerprint density at radius 3 is 2.63 bits per heavy atom. The highest BCUT2D eigenvalue weighted by atomic mass is 35.5. The summed E-state index contributed by atoms with van der Waals surface area (Å²) >= 11 is 0. The van der Waals surface area contributed by atoms with E-state index in [2.05, 4.69) is 27.8 Å². The molecule has 0 saturated carbocycles. The van der Waals surface area contributed by atoms with Gasteiger partial charge < -0.3 is 30.1 Å². The van der Waals surface area contributed by atoms with Crippen LogP contribution < -0.4 is 15.4 Å². The highest BCUT2D eigenvalue weighted by molar-refractivity contribution is 5.94. The standard InChI is InChI=1S/C24H30N4O5.2ClH/c1-32-24(31)28-8-6-19(7-9-28)33-20-10-18(12-25-14-20)23(30)27-15-22(29)21-11-16-4-2-3-5-17(16)13-26-21;;/h2-5,10,12,14,19,21-22,26,29H,6-9,11,13,15H2,1H3,(H,27,30);2*1H/t21-,22?;;/m0../s1. The van der Waals surface area contributed by atoms with E-state index in [1.807, 2.05) is 12.1 Å². The van der Waals surface area contributed by atoms with E-state index in [-0.39, 0.29) is 55.5 Å². The molecule has 3 heterocycles. The van der Waals surface area contributed by atoms with E-state index in [0.717, 1.165) is 0 Å². The lowest BCUT2D eigenvalue weighted by Gasteiger charge is -2.31. The first-order valence-corrected chi connectivity index (χ1v) is 11.2. The fourth-order valence-electron chi connectivity index (χ4n) is 4.28. The maximum absolute atomic E-state index is 12.6. The fourth-order valence-corrected chi connectivity index (χ4v) is 4.28. The molecule has 4 rings (SSSR count). The van der Waals surface area contributed by atoms with Gasteiger partial charge in [0.1, 0.15) is 11.9 Å². The molecule has 3 N–H and O–H groups in total. The second-order valence-electron chi connectivity index (χ2n) is 8.42. The van der Waals surface area contributed by atoms with Gasteiger partial charge in [0.25, 0.3) is 5.91 Å². The van der Waals surface area contributed by atoms with Crippen LogP contribution in [0, 0.1) is 0 Å². The van der Waals surface area contributed by atoms with Gasteiger partial charge in [0.05, 0.1) is 25.0 Å². The smallest absolute Gasteiger partial charge is 0.409 e. The maximum atomic E-state index is 12.6. The van der Waals surface area contributed by atoms with Crippen molar-refractivity contribution in [1.82, 2.24) is 20.5 Å². The van der Waals surface area contributed by atoms with Gasteiger partial charge >= 0.3 is 6.09 Å². The number of hydrogen-bond donors (Lipinski definition) is 3. The van der Waals surface area contributed by atoms with Crippen molar-refractivity contribution in [3.05, 3.63) is 59.4 Å². The van der Waals surface area contributed by atoms with E-state index in [1.165, 1.54) is 24.4 Å². The van der Waals surface area contributed by atoms with Crippen LogP contribution in [0.15, 0.2) is 42.7 Å². The zero-order valence-corrected chi connectivity index (χ0v) is 21.1. The lowest BCUT2D eigenvalue weighted by atomic mass is 9.93. The number of pyridine rings is 1. The van der Waals surface area contributed by atoms with Crippen LogP contribution in [0.25, 0.3) is 0 Å². The molecule has 2 aliphatic rings. The van der Waals surface area contributed by atoms with Crippen molar-refractivity contribution in [2.45, 2.75) is 44.1 Å². The molecule has 2 amide bonds. The predicted molar refractivity (Wildman–Crippen MR) is 135 cm³/mol. The molecule has 0 radical (unpaired) electrons. The summed E-state index contributed by atoms with van der Waals surface area (Å²) < 4.78 is 10.7. The molecule has 192 valence electrons. The Bertz CT molecular complexity index is 988. The summed E-state index contributed by atoms with van der Waals surface area (Å²) in [5.74, 6) is 0.189. The van der Waals surface area contributed by atoms with Crippen molar-refractivity contribution in [1.29, 1.82) is 0 Å². The highest BCUT2D eigenvalue weighted by Gasteiger charge is 2.26. The SMILES string of the molecule is COC(=O)N1CCC(Oc2cncc(C(=O)NCC(O)[C@@H]3Cc4ccccc4CN3)c2)CC1.Cl.Cl. The Balaban J connectivity index is 0.00000216. The number of methoxy groups -OCH3 is 1. The topological polar surface area (TPSA) is 113 Å². The van der Waals surface area contributed by atoms with Crippen LogP contribution in [0.4, 0.5) is 4.79 Å². The molecule has 0 aliphatic carbocycles. The van der Waals surface area contributed by atoms with Gasteiger partial charge in [-0.1, -0.05) is 24.3 Å². The van der Waals surface area contributed by atoms with Crippen molar-refractivity contribution in [2.24, 2.45) is 0 Å². The molecule has 1 aromatic heterocycles. The van der Waals surface area contributed by atoms with E-state index < -0.39 is 6.10 Å². The molecular formula is C24H32Cl2N4O5. The molecule has 1 fully saturated rings. The number of likely N-dealkylation sites (tertiary alicyclic amines) is 1. The zero-order chi connectivity index (χ0) is 23.2. The van der Waals surface area contributed by atoms with E-state index in [4.69, 9.17) is 9.47 Å². The van der Waals surface area contributed by atoms with Crippen molar-refractivity contribution >= 4 is 36.8 Å². The molecule has 2 aliphatic heterocycles. The second kappa shape index (κ2) is 13.5. The number of piperidine rings is 1. The number of nitrogens with zero attached hydrogens (tertiary/aromatic N) is 2. The average molecular weight is 527 g/mol. The summed E-state index contributed by atoms with van der Waals surface area (Å²) in [5.41, 5.74) is 2.83. The highest BCUT2D eigenvalue weighted by Crippen LogP contribution is 2.20. The fraction of sp³-hybridized carbons (Fsp3) is 0.458. The number of ether oxygens (including phenoxy) is 2. The molecule has 35 heavy (non-hydrogen) atoms. The molecule has 1 saturated heterocycles. The minimum atomic E-state index is -0.713. The van der Waals surface area contributed by atoms with Crippen molar-refractivity contribution in [3.8, 4) is 5.75 Å². The largest absolute Gasteiger partial charge is 0.489 e. The number of carbonyl (C=O) groups is 2. The number of fused-ring (bicyclic) bond motifs is 1. The van der Waals surface area contributed by atoms with Gasteiger partial charge in [-0.15, -0.1) is 24.8 Å². The third-order valence-electron chi connectivity index (χ3n) is 6.20. The number of nitrogens with one attached hydrogen (secondary N) is 2. The number of aromatic nitrogens is 1. The van der Waals surface area contributed by atoms with Crippen molar-refractivity contribution in [2.75, 3.05) is 26.7 Å². The first-order chi connectivity index (χ1) is 16.0. The number of benzene rings is 1. The lowest BCUT2D eigenvalue weighted by molar-refractivity contribution is 0.0784. The molecule has 9 nitrogen and oxygen atoms in total. The number of halogens is 2. The first-order valence-electron chi connectivity index (χ1n) is 11.2. The molecule has 2 atom stereocenters. The number of amides is 2. The van der Waals surface area contributed by atoms with Gasteiger partial charge in [-0.25, -0.2) is 4.79 Å². The monoisotopic (exact) mass is 526 g/mol. The maximum Gasteiger partial charge on any atom is 0.409 e. The minimum Gasteiger partial charge on any atom is -0.489 e. The molecular weight excluding hydrogens is 495 g/mol. The summed E-state index contributed by atoms with van der Waals surface area (Å²) in [6.07, 6.45) is 4.01. The van der Waals surface area contributed by atoms with Crippen LogP contribution in [0.2, 0.25) is 0 Å². The van der Waals surface area contributed by atoms with E-state index in [1.54, 1.807) is 17.2 Å². The Morgan fingerprint density at radius 2 is 1.91 bits per heavy atom. The van der Waals surface area contributed by atoms with Gasteiger partial charge in [-0.2, -0.15) is 0 Å². The molecule has 2 aromatic rings. The number of carbonyl (C=O) groups excluding carboxylic acids is 2. The molecule has 0 bridgehead atoms. The van der Waals surface area contributed by atoms with E-state index >= 15 is 0 Å². The average Bonchev–Trinajstić information content (AvgIpc) is 2.87. The summed E-state index contributed by atoms with van der Waals surface area (Å²) in [4.78, 5) is 30.0. The Morgan fingerprint density at radius 1 is 1.20 bits per heavy atom. The number of aliphatic hydroxyl groups is 1. The number of aliphatic hydroxyl groups excluding tert-OH is 1. The first kappa shape index (κ1) is 28.6. The van der Waals surface area contributed by atoms with Crippen molar-refractivity contribution in [3.63, 3.8) is 0 Å². The minimum absolute atomic E-state index is 0. The molecule has 0 spiro atoms. The number of hydrogen-bond acceptors (Lipinski definition) is 7. The summed E-state index contributed by atoms with van der Waals surface area (Å²) in [6.45, 7) is 1.95. The van der Waals surface area contributed by atoms with Gasteiger partial charge in [0, 0.05) is 51.3 Å². The van der Waals surface area contributed by atoms with Crippen LogP contribution in [-0.4, -0.2) is 72.0 Å². The Kier molecular flexibility index (Phi) is 11.0. The summed E-state index contributed by atoms with van der Waals surface area (Å²) in [6, 6.07) is 9.69. The summed E-state index contributed by atoms with van der Waals surface area (Å²) in [7, 11) is 1.37. The van der Waals surface area contributed by atoms with Crippen molar-refractivity contribution < 1.29 is 24.2 Å². The normalized spacial score (nSPS) is 18.2. The third kappa shape index (κ3) is 7.44. The van der Waals surface area contributed by atoms with Gasteiger partial charge in [0.2, 0.25) is 0 Å². The molecule has 11 heteroatoms. The quantitative estimate of drug-likeness (QED) is 0.529. The zero-order valence-electron chi connectivity index (χ0n) is 19.5. The third-order valence-corrected chi connectivity index (χ3v) is 6.20. The molecule has 1 unspecified atom stereocenters. The lowest BCUT2D eigenvalue weighted by Crippen LogP contribution is -2.49. The van der Waals surface area contributed by atoms with Gasteiger partial charge in [-0.05, 0) is 23.6 Å². The van der Waals surface area contributed by atoms with Gasteiger partial charge in [-0.3, -0.25) is 9.78 Å². The van der Waals surface area contributed by atoms with E-state index in [0.29, 0.717) is 50.2 Å². The molecule has 1 aromatic carbocycles. The predicted octanol–water partition coefficient (Wildman–Crippen LogP) is 2.34. The number of rotatable bonds is 6. The van der Waals surface area contributed by atoms with Crippen LogP contribution in [0.1, 0.15) is 34.3 Å². The van der Waals surface area contributed by atoms with Crippen LogP contribution in [0.5, 0.6) is 5.75 Å².